The highest BCUT2D eigenvalue weighted by molar-refractivity contribution is 7.89. The highest BCUT2D eigenvalue weighted by atomic mass is 35.5. The van der Waals surface area contributed by atoms with E-state index in [9.17, 15) is 13.2 Å². The lowest BCUT2D eigenvalue weighted by Gasteiger charge is -2.24. The minimum Gasteiger partial charge on any atom is -0.486 e. The molecule has 154 valence electrons. The number of benzene rings is 2. The van der Waals surface area contributed by atoms with E-state index in [2.05, 4.69) is 5.32 Å². The molecule has 1 atom stereocenters. The zero-order valence-corrected chi connectivity index (χ0v) is 17.2. The van der Waals surface area contributed by atoms with Gasteiger partial charge in [0.2, 0.25) is 15.9 Å². The number of sulfonamides is 1. The Bertz CT molecular complexity index is 1030. The monoisotopic (exact) mass is 436 g/mol. The molecule has 0 radical (unpaired) electrons. The second-order valence-corrected chi connectivity index (χ2v) is 9.19. The minimum absolute atomic E-state index is 0.0903. The van der Waals surface area contributed by atoms with Gasteiger partial charge in [0.1, 0.15) is 19.3 Å². The van der Waals surface area contributed by atoms with Crippen LogP contribution < -0.4 is 14.8 Å². The van der Waals surface area contributed by atoms with E-state index in [1.807, 2.05) is 18.2 Å². The topological polar surface area (TPSA) is 84.9 Å². The summed E-state index contributed by atoms with van der Waals surface area (Å²) in [6.45, 7) is 1.33. The number of fused-ring (bicyclic) bond motifs is 1. The van der Waals surface area contributed by atoms with Crippen molar-refractivity contribution in [3.63, 3.8) is 0 Å². The molecule has 7 nitrogen and oxygen atoms in total. The van der Waals surface area contributed by atoms with Crippen LogP contribution >= 0.6 is 11.6 Å². The molecule has 0 spiro atoms. The third-order valence-electron chi connectivity index (χ3n) is 5.04. The molecule has 0 bridgehead atoms. The largest absolute Gasteiger partial charge is 0.486 e. The fraction of sp³-hybridized carbons (Fsp3) is 0.350. The molecule has 2 heterocycles. The van der Waals surface area contributed by atoms with Crippen LogP contribution in [0.5, 0.6) is 11.5 Å². The number of nitrogens with zero attached hydrogens (tertiary/aromatic N) is 1. The van der Waals surface area contributed by atoms with Gasteiger partial charge in [0.15, 0.2) is 11.5 Å². The zero-order chi connectivity index (χ0) is 20.4. The lowest BCUT2D eigenvalue weighted by atomic mass is 10.2. The Morgan fingerprint density at radius 2 is 1.90 bits per heavy atom. The van der Waals surface area contributed by atoms with Crippen molar-refractivity contribution in [2.45, 2.75) is 30.3 Å². The third kappa shape index (κ3) is 4.05. The number of hydrogen-bond acceptors (Lipinski definition) is 5. The molecule has 1 N–H and O–H groups in total. The highest BCUT2D eigenvalue weighted by Crippen LogP contribution is 2.34. The van der Waals surface area contributed by atoms with Crippen molar-refractivity contribution in [1.29, 1.82) is 0 Å². The summed E-state index contributed by atoms with van der Waals surface area (Å²) < 4.78 is 38.6. The van der Waals surface area contributed by atoms with Crippen LogP contribution in [0.1, 0.15) is 18.4 Å². The normalized spacial score (nSPS) is 19.1. The van der Waals surface area contributed by atoms with Crippen molar-refractivity contribution < 1.29 is 22.7 Å². The summed E-state index contributed by atoms with van der Waals surface area (Å²) >= 11 is 6.13. The standard InChI is InChI=1S/C20H21ClN2O5S/c21-16-5-2-1-4-14(16)13-22-20(24)17-6-3-9-23(17)29(25,26)15-7-8-18-19(12-15)28-11-10-27-18/h1-2,4-5,7-8,12,17H,3,6,9-11,13H2,(H,22,24)/t17-/m1/s1. The van der Waals surface area contributed by atoms with Crippen LogP contribution in [0.25, 0.3) is 0 Å². The molecule has 2 aliphatic heterocycles. The first-order chi connectivity index (χ1) is 14.0. The summed E-state index contributed by atoms with van der Waals surface area (Å²) in [5, 5.41) is 3.37. The second kappa shape index (κ2) is 8.22. The average Bonchev–Trinajstić information content (AvgIpc) is 3.23. The highest BCUT2D eigenvalue weighted by Gasteiger charge is 2.39. The first-order valence-electron chi connectivity index (χ1n) is 9.39. The fourth-order valence-electron chi connectivity index (χ4n) is 3.55. The molecular weight excluding hydrogens is 416 g/mol. The summed E-state index contributed by atoms with van der Waals surface area (Å²) in [6, 6.07) is 11.0. The minimum atomic E-state index is -3.85. The van der Waals surface area contributed by atoms with Gasteiger partial charge in [-0.3, -0.25) is 4.79 Å². The fourth-order valence-corrected chi connectivity index (χ4v) is 5.43. The van der Waals surface area contributed by atoms with E-state index in [0.29, 0.717) is 49.1 Å². The predicted octanol–water partition coefficient (Wildman–Crippen LogP) is 2.58. The average molecular weight is 437 g/mol. The van der Waals surface area contributed by atoms with E-state index in [-0.39, 0.29) is 17.3 Å². The number of amides is 1. The summed E-state index contributed by atoms with van der Waals surface area (Å²) in [5.41, 5.74) is 0.779. The van der Waals surface area contributed by atoms with Crippen molar-refractivity contribution in [2.24, 2.45) is 0 Å². The quantitative estimate of drug-likeness (QED) is 0.778. The summed E-state index contributed by atoms with van der Waals surface area (Å²) in [4.78, 5) is 12.8. The van der Waals surface area contributed by atoms with Crippen LogP contribution in [-0.4, -0.2) is 44.4 Å². The number of carbonyl (C=O) groups is 1. The maximum atomic E-state index is 13.2. The Hall–Kier alpha value is -2.29. The van der Waals surface area contributed by atoms with Crippen molar-refractivity contribution in [3.05, 3.63) is 53.1 Å². The van der Waals surface area contributed by atoms with E-state index in [1.54, 1.807) is 12.1 Å². The van der Waals surface area contributed by atoms with Gasteiger partial charge in [-0.25, -0.2) is 8.42 Å². The molecule has 4 rings (SSSR count). The van der Waals surface area contributed by atoms with Gasteiger partial charge in [0.25, 0.3) is 0 Å². The lowest BCUT2D eigenvalue weighted by molar-refractivity contribution is -0.124. The maximum Gasteiger partial charge on any atom is 0.243 e. The SMILES string of the molecule is O=C(NCc1ccccc1Cl)[C@H]1CCCN1S(=O)(=O)c1ccc2c(c1)OCCO2. The number of carbonyl (C=O) groups excluding carboxylic acids is 1. The summed E-state index contributed by atoms with van der Waals surface area (Å²) in [5.74, 6) is 0.588. The molecule has 0 saturated carbocycles. The van der Waals surface area contributed by atoms with Crippen LogP contribution in [0.15, 0.2) is 47.4 Å². The van der Waals surface area contributed by atoms with Crippen molar-refractivity contribution in [2.75, 3.05) is 19.8 Å². The van der Waals surface area contributed by atoms with E-state index >= 15 is 0 Å². The van der Waals surface area contributed by atoms with Gasteiger partial charge in [-0.15, -0.1) is 0 Å². The molecule has 0 unspecified atom stereocenters. The first kappa shape index (κ1) is 20.0. The van der Waals surface area contributed by atoms with E-state index < -0.39 is 16.1 Å². The smallest absolute Gasteiger partial charge is 0.243 e. The van der Waals surface area contributed by atoms with Crippen molar-refractivity contribution in [1.82, 2.24) is 9.62 Å². The second-order valence-electron chi connectivity index (χ2n) is 6.89. The van der Waals surface area contributed by atoms with Gasteiger partial charge < -0.3 is 14.8 Å². The molecule has 1 amide bonds. The van der Waals surface area contributed by atoms with Crippen LogP contribution in [0.4, 0.5) is 0 Å². The molecule has 2 aliphatic rings. The zero-order valence-electron chi connectivity index (χ0n) is 15.6. The van der Waals surface area contributed by atoms with E-state index in [4.69, 9.17) is 21.1 Å². The molecular formula is C20H21ClN2O5S. The number of rotatable bonds is 5. The van der Waals surface area contributed by atoms with Crippen LogP contribution in [0.2, 0.25) is 5.02 Å². The summed E-state index contributed by atoms with van der Waals surface area (Å²) in [7, 11) is -3.85. The summed E-state index contributed by atoms with van der Waals surface area (Å²) in [6.07, 6.45) is 1.09. The van der Waals surface area contributed by atoms with Crippen molar-refractivity contribution in [3.8, 4) is 11.5 Å². The molecule has 0 aromatic heterocycles. The van der Waals surface area contributed by atoms with Gasteiger partial charge in [-0.1, -0.05) is 29.8 Å². The number of ether oxygens (including phenoxy) is 2. The molecule has 1 saturated heterocycles. The Labute approximate surface area is 174 Å². The molecule has 1 fully saturated rings. The van der Waals surface area contributed by atoms with Gasteiger partial charge in [-0.05, 0) is 36.6 Å². The van der Waals surface area contributed by atoms with Gasteiger partial charge in [0.05, 0.1) is 4.90 Å². The number of nitrogens with one attached hydrogen (secondary N) is 1. The Balaban J connectivity index is 1.51. The van der Waals surface area contributed by atoms with Crippen LogP contribution in [0.3, 0.4) is 0 Å². The van der Waals surface area contributed by atoms with Crippen LogP contribution in [-0.2, 0) is 21.4 Å². The predicted molar refractivity (Wildman–Crippen MR) is 108 cm³/mol. The lowest BCUT2D eigenvalue weighted by Crippen LogP contribution is -2.45. The van der Waals surface area contributed by atoms with E-state index in [1.165, 1.54) is 16.4 Å². The number of halogens is 1. The number of hydrogen-bond donors (Lipinski definition) is 1. The molecule has 2 aromatic carbocycles. The Morgan fingerprint density at radius 1 is 1.14 bits per heavy atom. The Kier molecular flexibility index (Phi) is 5.67. The maximum absolute atomic E-state index is 13.2. The molecule has 29 heavy (non-hydrogen) atoms. The van der Waals surface area contributed by atoms with Gasteiger partial charge in [-0.2, -0.15) is 4.31 Å². The van der Waals surface area contributed by atoms with Gasteiger partial charge >= 0.3 is 0 Å². The van der Waals surface area contributed by atoms with Gasteiger partial charge in [0, 0.05) is 24.2 Å². The molecule has 0 aliphatic carbocycles. The third-order valence-corrected chi connectivity index (χ3v) is 7.31. The first-order valence-corrected chi connectivity index (χ1v) is 11.2. The molecule has 9 heteroatoms. The Morgan fingerprint density at radius 3 is 2.69 bits per heavy atom. The van der Waals surface area contributed by atoms with Crippen molar-refractivity contribution >= 4 is 27.5 Å². The van der Waals surface area contributed by atoms with E-state index in [0.717, 1.165) is 5.56 Å². The van der Waals surface area contributed by atoms with Crippen LogP contribution in [0, 0.1) is 0 Å². The molecule has 2 aromatic rings.